The lowest BCUT2D eigenvalue weighted by molar-refractivity contribution is -0.890. The van der Waals surface area contributed by atoms with Gasteiger partial charge in [-0.15, -0.1) is 0 Å². The molecule has 0 bridgehead atoms. The highest BCUT2D eigenvalue weighted by atomic mass is 35.5. The number of nitrogens with one attached hydrogen (secondary N) is 3. The number of hydrogen-bond acceptors (Lipinski definition) is 1. The molecule has 1 atom stereocenters. The molecule has 0 saturated carbocycles. The Morgan fingerprint density at radius 3 is 2.40 bits per heavy atom. The highest BCUT2D eigenvalue weighted by Crippen LogP contribution is 2.24. The van der Waals surface area contributed by atoms with Gasteiger partial charge in [-0.1, -0.05) is 23.7 Å². The summed E-state index contributed by atoms with van der Waals surface area (Å²) in [5, 5.41) is 7.30. The lowest BCUT2D eigenvalue weighted by Crippen LogP contribution is -3.07. The maximum absolute atomic E-state index is 14.2. The van der Waals surface area contributed by atoms with E-state index in [2.05, 4.69) is 16.7 Å². The van der Waals surface area contributed by atoms with Crippen molar-refractivity contribution in [3.8, 4) is 0 Å². The van der Waals surface area contributed by atoms with Crippen molar-refractivity contribution in [3.63, 3.8) is 0 Å². The zero-order valence-corrected chi connectivity index (χ0v) is 16.5. The summed E-state index contributed by atoms with van der Waals surface area (Å²) in [7, 11) is 3.94. The Morgan fingerprint density at radius 1 is 1.20 bits per heavy atom. The number of anilines is 1. The van der Waals surface area contributed by atoms with Crippen LogP contribution in [0.4, 0.5) is 10.1 Å². The van der Waals surface area contributed by atoms with E-state index in [1.165, 1.54) is 17.2 Å². The van der Waals surface area contributed by atoms with E-state index in [0.29, 0.717) is 22.2 Å². The van der Waals surface area contributed by atoms with Gasteiger partial charge < -0.3 is 15.5 Å². The summed E-state index contributed by atoms with van der Waals surface area (Å²) in [6.45, 7) is 4.56. The molecule has 0 heterocycles. The average Bonchev–Trinajstić information content (AvgIpc) is 2.48. The first-order chi connectivity index (χ1) is 11.8. The van der Waals surface area contributed by atoms with Crippen molar-refractivity contribution in [2.75, 3.05) is 26.0 Å². The van der Waals surface area contributed by atoms with Gasteiger partial charge in [-0.25, -0.2) is 4.39 Å². The molecule has 6 heteroatoms. The molecule has 0 spiro atoms. The van der Waals surface area contributed by atoms with Crippen LogP contribution >= 0.6 is 23.8 Å². The molecule has 25 heavy (non-hydrogen) atoms. The molecule has 0 saturated heterocycles. The standard InChI is InChI=1S/C19H23ClFN3S/c1-12-8-13(2)10-14(9-12)23-19(25)22-11-17(24(3)4)18-15(20)6-5-7-16(18)21/h5-10,17H,11H2,1-4H3,(H2,22,23,25)/p+1/t17-/m0/s1. The van der Waals surface area contributed by atoms with Crippen molar-refractivity contribution >= 4 is 34.6 Å². The van der Waals surface area contributed by atoms with Gasteiger partial charge >= 0.3 is 0 Å². The Balaban J connectivity index is 2.07. The smallest absolute Gasteiger partial charge is 0.171 e. The van der Waals surface area contributed by atoms with Gasteiger partial charge in [0.15, 0.2) is 5.11 Å². The highest BCUT2D eigenvalue weighted by Gasteiger charge is 2.24. The minimum absolute atomic E-state index is 0.160. The lowest BCUT2D eigenvalue weighted by Gasteiger charge is -2.24. The molecule has 0 unspecified atom stereocenters. The molecule has 2 rings (SSSR count). The summed E-state index contributed by atoms with van der Waals surface area (Å²) >= 11 is 11.6. The zero-order chi connectivity index (χ0) is 18.6. The molecule has 0 amide bonds. The van der Waals surface area contributed by atoms with Crippen LogP contribution in [0.3, 0.4) is 0 Å². The number of likely N-dealkylation sites (N-methyl/N-ethyl adjacent to an activating group) is 1. The molecule has 0 aliphatic rings. The van der Waals surface area contributed by atoms with Crippen molar-refractivity contribution in [1.29, 1.82) is 0 Å². The minimum atomic E-state index is -0.298. The zero-order valence-electron chi connectivity index (χ0n) is 14.9. The van der Waals surface area contributed by atoms with E-state index in [1.807, 2.05) is 40.1 Å². The summed E-state index contributed by atoms with van der Waals surface area (Å²) in [5.74, 6) is -0.298. The van der Waals surface area contributed by atoms with Crippen LogP contribution in [0.2, 0.25) is 5.02 Å². The molecule has 0 aromatic heterocycles. The van der Waals surface area contributed by atoms with E-state index in [9.17, 15) is 4.39 Å². The second-order valence-corrected chi connectivity index (χ2v) is 7.29. The number of aryl methyl sites for hydroxylation is 2. The molecule has 0 aliphatic carbocycles. The molecule has 2 aromatic rings. The molecule has 0 fully saturated rings. The van der Waals surface area contributed by atoms with Gasteiger partial charge in [-0.2, -0.15) is 0 Å². The Bertz CT molecular complexity index is 724. The molecular weight excluding hydrogens is 357 g/mol. The van der Waals surface area contributed by atoms with Crippen molar-refractivity contribution < 1.29 is 9.29 Å². The van der Waals surface area contributed by atoms with E-state index >= 15 is 0 Å². The van der Waals surface area contributed by atoms with Gasteiger partial charge in [0.2, 0.25) is 0 Å². The number of rotatable bonds is 5. The third-order valence-electron chi connectivity index (χ3n) is 3.99. The normalized spacial score (nSPS) is 12.1. The topological polar surface area (TPSA) is 28.5 Å². The second kappa shape index (κ2) is 8.61. The van der Waals surface area contributed by atoms with E-state index < -0.39 is 0 Å². The van der Waals surface area contributed by atoms with E-state index in [1.54, 1.807) is 12.1 Å². The Kier molecular flexibility index (Phi) is 6.76. The van der Waals surface area contributed by atoms with Crippen molar-refractivity contribution in [2.45, 2.75) is 19.9 Å². The fraction of sp³-hybridized carbons (Fsp3) is 0.316. The molecule has 0 aliphatic heterocycles. The van der Waals surface area contributed by atoms with E-state index in [4.69, 9.17) is 23.8 Å². The Morgan fingerprint density at radius 2 is 1.84 bits per heavy atom. The molecule has 2 aromatic carbocycles. The SMILES string of the molecule is Cc1cc(C)cc(NC(=S)NC[C@@H](c2c(F)cccc2Cl)[NH+](C)C)c1. The molecule has 3 nitrogen and oxygen atoms in total. The number of hydrogen-bond donors (Lipinski definition) is 3. The summed E-state index contributed by atoms with van der Waals surface area (Å²) < 4.78 is 14.2. The minimum Gasteiger partial charge on any atom is -0.356 e. The van der Waals surface area contributed by atoms with Crippen LogP contribution < -0.4 is 15.5 Å². The maximum atomic E-state index is 14.2. The first-order valence-electron chi connectivity index (χ1n) is 8.15. The first-order valence-corrected chi connectivity index (χ1v) is 8.93. The van der Waals surface area contributed by atoms with Crippen LogP contribution in [0.5, 0.6) is 0 Å². The summed E-state index contributed by atoms with van der Waals surface area (Å²) in [4.78, 5) is 1.06. The van der Waals surface area contributed by atoms with Crippen molar-refractivity contribution in [1.82, 2.24) is 5.32 Å². The van der Waals surface area contributed by atoms with E-state index in [-0.39, 0.29) is 11.9 Å². The fourth-order valence-electron chi connectivity index (χ4n) is 2.86. The van der Waals surface area contributed by atoms with E-state index in [0.717, 1.165) is 10.6 Å². The first kappa shape index (κ1) is 19.6. The Labute approximate surface area is 159 Å². The predicted molar refractivity (Wildman–Crippen MR) is 107 cm³/mol. The quantitative estimate of drug-likeness (QED) is 0.695. The highest BCUT2D eigenvalue weighted by molar-refractivity contribution is 7.80. The molecule has 134 valence electrons. The van der Waals surface area contributed by atoms with Crippen LogP contribution in [0.1, 0.15) is 22.7 Å². The summed E-state index contributed by atoms with van der Waals surface area (Å²) in [6, 6.07) is 10.8. The second-order valence-electron chi connectivity index (χ2n) is 6.48. The van der Waals surface area contributed by atoms with Gasteiger partial charge in [-0.05, 0) is 61.5 Å². The summed E-state index contributed by atoms with van der Waals surface area (Å²) in [5.41, 5.74) is 3.77. The fourth-order valence-corrected chi connectivity index (χ4v) is 3.35. The molecule has 0 radical (unpaired) electrons. The third-order valence-corrected chi connectivity index (χ3v) is 4.57. The number of thiocarbonyl (C=S) groups is 1. The van der Waals surface area contributed by atoms with Crippen LogP contribution in [0, 0.1) is 19.7 Å². The largest absolute Gasteiger partial charge is 0.356 e. The van der Waals surface area contributed by atoms with Crippen molar-refractivity contribution in [3.05, 3.63) is 63.9 Å². The van der Waals surface area contributed by atoms with Gasteiger partial charge in [0, 0.05) is 5.69 Å². The molecular formula is C19H24ClFN3S+. The van der Waals surface area contributed by atoms with Crippen LogP contribution in [0.25, 0.3) is 0 Å². The van der Waals surface area contributed by atoms with Crippen LogP contribution in [-0.2, 0) is 0 Å². The van der Waals surface area contributed by atoms with Gasteiger partial charge in [-0.3, -0.25) is 0 Å². The lowest BCUT2D eigenvalue weighted by atomic mass is 10.1. The average molecular weight is 381 g/mol. The van der Waals surface area contributed by atoms with Gasteiger partial charge in [0.1, 0.15) is 11.9 Å². The van der Waals surface area contributed by atoms with Crippen LogP contribution in [0.15, 0.2) is 36.4 Å². The third kappa shape index (κ3) is 5.39. The van der Waals surface area contributed by atoms with Crippen LogP contribution in [-0.4, -0.2) is 25.8 Å². The monoisotopic (exact) mass is 380 g/mol. The predicted octanol–water partition coefficient (Wildman–Crippen LogP) is 3.27. The van der Waals surface area contributed by atoms with Gasteiger partial charge in [0.05, 0.1) is 31.2 Å². The molecule has 3 N–H and O–H groups in total. The maximum Gasteiger partial charge on any atom is 0.171 e. The number of halogens is 2. The summed E-state index contributed by atoms with van der Waals surface area (Å²) in [6.07, 6.45) is 0. The van der Waals surface area contributed by atoms with Crippen molar-refractivity contribution in [2.24, 2.45) is 0 Å². The Hall–Kier alpha value is -1.69. The number of quaternary nitrogens is 1. The van der Waals surface area contributed by atoms with Gasteiger partial charge in [0.25, 0.3) is 0 Å². The number of benzene rings is 2.